The molecule has 0 aromatic heterocycles. The van der Waals surface area contributed by atoms with Gasteiger partial charge in [-0.1, -0.05) is 26.0 Å². The lowest BCUT2D eigenvalue weighted by molar-refractivity contribution is -0.127. The molecule has 0 spiro atoms. The van der Waals surface area contributed by atoms with Gasteiger partial charge in [0, 0.05) is 32.6 Å². The van der Waals surface area contributed by atoms with E-state index in [-0.39, 0.29) is 29.9 Å². The number of ether oxygens (including phenoxy) is 1. The molecule has 1 aliphatic heterocycles. The van der Waals surface area contributed by atoms with E-state index in [9.17, 15) is 4.79 Å². The van der Waals surface area contributed by atoms with Crippen molar-refractivity contribution in [2.75, 3.05) is 32.8 Å². The summed E-state index contributed by atoms with van der Waals surface area (Å²) in [7, 11) is 0. The SMILES string of the molecule is CCNC(=NCc1cccc(OCC(C)C)c1)NCCCN1CCCC1=O.I. The summed E-state index contributed by atoms with van der Waals surface area (Å²) in [6.07, 6.45) is 2.63. The Kier molecular flexibility index (Phi) is 11.9. The Labute approximate surface area is 186 Å². The van der Waals surface area contributed by atoms with E-state index in [0.29, 0.717) is 18.9 Å². The van der Waals surface area contributed by atoms with Crippen molar-refractivity contribution in [2.45, 2.75) is 46.6 Å². The largest absolute Gasteiger partial charge is 0.493 e. The van der Waals surface area contributed by atoms with E-state index in [1.165, 1.54) is 0 Å². The first-order chi connectivity index (χ1) is 13.1. The quantitative estimate of drug-likeness (QED) is 0.223. The minimum Gasteiger partial charge on any atom is -0.493 e. The molecule has 1 heterocycles. The zero-order valence-corrected chi connectivity index (χ0v) is 19.7. The zero-order valence-electron chi connectivity index (χ0n) is 17.4. The van der Waals surface area contributed by atoms with Gasteiger partial charge in [-0.05, 0) is 43.4 Å². The van der Waals surface area contributed by atoms with Crippen LogP contribution in [-0.4, -0.2) is 49.6 Å². The van der Waals surface area contributed by atoms with E-state index in [0.717, 1.165) is 62.9 Å². The molecule has 6 nitrogen and oxygen atoms in total. The van der Waals surface area contributed by atoms with E-state index in [4.69, 9.17) is 4.74 Å². The van der Waals surface area contributed by atoms with Crippen LogP contribution in [0.4, 0.5) is 0 Å². The second kappa shape index (κ2) is 13.6. The van der Waals surface area contributed by atoms with Gasteiger partial charge in [0.25, 0.3) is 0 Å². The van der Waals surface area contributed by atoms with Gasteiger partial charge in [0.2, 0.25) is 5.91 Å². The van der Waals surface area contributed by atoms with Gasteiger partial charge < -0.3 is 20.3 Å². The summed E-state index contributed by atoms with van der Waals surface area (Å²) in [5.41, 5.74) is 1.12. The van der Waals surface area contributed by atoms with Crippen LogP contribution >= 0.6 is 24.0 Å². The Morgan fingerprint density at radius 2 is 2.14 bits per heavy atom. The molecule has 28 heavy (non-hydrogen) atoms. The molecule has 0 saturated carbocycles. The Morgan fingerprint density at radius 1 is 1.32 bits per heavy atom. The van der Waals surface area contributed by atoms with E-state index < -0.39 is 0 Å². The van der Waals surface area contributed by atoms with E-state index in [1.807, 2.05) is 17.0 Å². The van der Waals surface area contributed by atoms with E-state index in [1.54, 1.807) is 0 Å². The molecule has 2 N–H and O–H groups in total. The molecule has 7 heteroatoms. The fraction of sp³-hybridized carbons (Fsp3) is 0.619. The highest BCUT2D eigenvalue weighted by molar-refractivity contribution is 14.0. The normalized spacial score (nSPS) is 14.2. The summed E-state index contributed by atoms with van der Waals surface area (Å²) in [5, 5.41) is 6.63. The van der Waals surface area contributed by atoms with Crippen molar-refractivity contribution < 1.29 is 9.53 Å². The summed E-state index contributed by atoms with van der Waals surface area (Å²) in [4.78, 5) is 18.3. The maximum Gasteiger partial charge on any atom is 0.222 e. The van der Waals surface area contributed by atoms with Gasteiger partial charge in [-0.2, -0.15) is 0 Å². The topological polar surface area (TPSA) is 66.0 Å². The first-order valence-electron chi connectivity index (χ1n) is 10.1. The summed E-state index contributed by atoms with van der Waals surface area (Å²) in [6.45, 7) is 11.0. The summed E-state index contributed by atoms with van der Waals surface area (Å²) >= 11 is 0. The summed E-state index contributed by atoms with van der Waals surface area (Å²) < 4.78 is 5.79. The molecular weight excluding hydrogens is 467 g/mol. The van der Waals surface area contributed by atoms with Gasteiger partial charge in [-0.25, -0.2) is 4.99 Å². The number of guanidine groups is 1. The number of aliphatic imine (C=N–C) groups is 1. The molecule has 0 aliphatic carbocycles. The van der Waals surface area contributed by atoms with Crippen LogP contribution in [0.25, 0.3) is 0 Å². The monoisotopic (exact) mass is 502 g/mol. The van der Waals surface area contributed by atoms with Crippen LogP contribution in [0.5, 0.6) is 5.75 Å². The molecule has 0 bridgehead atoms. The predicted octanol–water partition coefficient (Wildman–Crippen LogP) is 3.41. The fourth-order valence-corrected chi connectivity index (χ4v) is 2.93. The molecule has 158 valence electrons. The van der Waals surface area contributed by atoms with Crippen LogP contribution < -0.4 is 15.4 Å². The average Bonchev–Trinajstić information content (AvgIpc) is 3.06. The number of benzene rings is 1. The molecule has 0 atom stereocenters. The van der Waals surface area contributed by atoms with Gasteiger partial charge in [0.15, 0.2) is 5.96 Å². The van der Waals surface area contributed by atoms with Crippen molar-refractivity contribution in [1.82, 2.24) is 15.5 Å². The lowest BCUT2D eigenvalue weighted by atomic mass is 10.2. The number of nitrogens with zero attached hydrogens (tertiary/aromatic N) is 2. The summed E-state index contributed by atoms with van der Waals surface area (Å²) in [5.74, 6) is 2.49. The maximum atomic E-state index is 11.6. The van der Waals surface area contributed by atoms with Crippen molar-refractivity contribution in [3.8, 4) is 5.75 Å². The molecule has 1 aromatic carbocycles. The van der Waals surface area contributed by atoms with Crippen LogP contribution in [0, 0.1) is 5.92 Å². The van der Waals surface area contributed by atoms with Gasteiger partial charge in [-0.3, -0.25) is 4.79 Å². The number of halogens is 1. The number of carbonyl (C=O) groups is 1. The first-order valence-corrected chi connectivity index (χ1v) is 10.1. The molecule has 1 amide bonds. The van der Waals surface area contributed by atoms with Crippen molar-refractivity contribution in [3.63, 3.8) is 0 Å². The number of hydrogen-bond donors (Lipinski definition) is 2. The second-order valence-electron chi connectivity index (χ2n) is 7.31. The highest BCUT2D eigenvalue weighted by Crippen LogP contribution is 2.15. The maximum absolute atomic E-state index is 11.6. The third kappa shape index (κ3) is 9.12. The summed E-state index contributed by atoms with van der Waals surface area (Å²) in [6, 6.07) is 8.11. The van der Waals surface area contributed by atoms with Crippen LogP contribution in [0.2, 0.25) is 0 Å². The van der Waals surface area contributed by atoms with E-state index in [2.05, 4.69) is 48.5 Å². The first kappa shape index (κ1) is 24.5. The Morgan fingerprint density at radius 3 is 2.82 bits per heavy atom. The molecule has 1 aromatic rings. The van der Waals surface area contributed by atoms with Crippen molar-refractivity contribution in [1.29, 1.82) is 0 Å². The molecule has 0 unspecified atom stereocenters. The number of likely N-dealkylation sites (tertiary alicyclic amines) is 1. The molecule has 2 rings (SSSR count). The molecule has 1 aliphatic rings. The predicted molar refractivity (Wildman–Crippen MR) is 125 cm³/mol. The van der Waals surface area contributed by atoms with Crippen LogP contribution in [0.1, 0.15) is 45.6 Å². The van der Waals surface area contributed by atoms with Crippen molar-refractivity contribution in [2.24, 2.45) is 10.9 Å². The minimum absolute atomic E-state index is 0. The highest BCUT2D eigenvalue weighted by Gasteiger charge is 2.18. The average molecular weight is 502 g/mol. The fourth-order valence-electron chi connectivity index (χ4n) is 2.93. The Hall–Kier alpha value is -1.51. The molecule has 1 fully saturated rings. The van der Waals surface area contributed by atoms with Crippen LogP contribution in [-0.2, 0) is 11.3 Å². The van der Waals surface area contributed by atoms with Crippen molar-refractivity contribution >= 4 is 35.8 Å². The number of hydrogen-bond acceptors (Lipinski definition) is 3. The molecule has 0 radical (unpaired) electrons. The number of rotatable bonds is 10. The lowest BCUT2D eigenvalue weighted by Crippen LogP contribution is -2.39. The molecular formula is C21H35IN4O2. The zero-order chi connectivity index (χ0) is 19.5. The minimum atomic E-state index is 0. The lowest BCUT2D eigenvalue weighted by Gasteiger charge is -2.16. The number of carbonyl (C=O) groups excluding carboxylic acids is 1. The van der Waals surface area contributed by atoms with Crippen LogP contribution in [0.3, 0.4) is 0 Å². The van der Waals surface area contributed by atoms with Crippen molar-refractivity contribution in [3.05, 3.63) is 29.8 Å². The highest BCUT2D eigenvalue weighted by atomic mass is 127. The van der Waals surface area contributed by atoms with E-state index >= 15 is 0 Å². The van der Waals surface area contributed by atoms with Gasteiger partial charge in [0.05, 0.1) is 13.2 Å². The number of nitrogens with one attached hydrogen (secondary N) is 2. The van der Waals surface area contributed by atoms with Gasteiger partial charge in [-0.15, -0.1) is 24.0 Å². The van der Waals surface area contributed by atoms with Gasteiger partial charge >= 0.3 is 0 Å². The molecule has 1 saturated heterocycles. The van der Waals surface area contributed by atoms with Gasteiger partial charge in [0.1, 0.15) is 5.75 Å². The number of amides is 1. The smallest absolute Gasteiger partial charge is 0.222 e. The second-order valence-corrected chi connectivity index (χ2v) is 7.31. The van der Waals surface area contributed by atoms with Crippen LogP contribution in [0.15, 0.2) is 29.3 Å². The Balaban J connectivity index is 0.00000392. The standard InChI is InChI=1S/C21H34N4O2.HI/c1-4-22-21(23-11-7-13-25-12-6-10-20(25)26)24-15-18-8-5-9-19(14-18)27-16-17(2)3;/h5,8-9,14,17H,4,6-7,10-13,15-16H2,1-3H3,(H2,22,23,24);1H. The third-order valence-electron chi connectivity index (χ3n) is 4.31. The third-order valence-corrected chi connectivity index (χ3v) is 4.31. The Bertz CT molecular complexity index is 622.